The van der Waals surface area contributed by atoms with E-state index in [-0.39, 0.29) is 29.6 Å². The number of nitrogens with one attached hydrogen (secondary N) is 2. The first-order valence-corrected chi connectivity index (χ1v) is 13.0. The van der Waals surface area contributed by atoms with Crippen molar-refractivity contribution in [2.45, 2.75) is 32.9 Å². The molecule has 0 aliphatic heterocycles. The number of carbonyl (C=O) groups excluding carboxylic acids is 2. The number of anilines is 2. The second-order valence-electron chi connectivity index (χ2n) is 8.19. The molecule has 184 valence electrons. The van der Waals surface area contributed by atoms with E-state index in [0.717, 1.165) is 17.0 Å². The number of rotatable bonds is 9. The van der Waals surface area contributed by atoms with E-state index in [0.29, 0.717) is 16.9 Å². The van der Waals surface area contributed by atoms with Gasteiger partial charge in [0.25, 0.3) is 11.8 Å². The highest BCUT2D eigenvalue weighted by Crippen LogP contribution is 2.23. The van der Waals surface area contributed by atoms with Crippen LogP contribution < -0.4 is 14.9 Å². The van der Waals surface area contributed by atoms with Crippen LogP contribution in [0, 0.1) is 5.82 Å². The third kappa shape index (κ3) is 6.66. The zero-order valence-corrected chi connectivity index (χ0v) is 20.6. The van der Waals surface area contributed by atoms with E-state index >= 15 is 0 Å². The van der Waals surface area contributed by atoms with Gasteiger partial charge in [-0.3, -0.25) is 13.9 Å². The lowest BCUT2D eigenvalue weighted by Gasteiger charge is -2.23. The molecule has 0 aliphatic rings. The van der Waals surface area contributed by atoms with Crippen LogP contribution in [0.15, 0.2) is 72.8 Å². The second-order valence-corrected chi connectivity index (χ2v) is 10.1. The van der Waals surface area contributed by atoms with Gasteiger partial charge in [-0.05, 0) is 55.8 Å². The molecule has 2 N–H and O–H groups in total. The minimum absolute atomic E-state index is 0.0130. The van der Waals surface area contributed by atoms with Crippen LogP contribution in [0.3, 0.4) is 0 Å². The van der Waals surface area contributed by atoms with E-state index in [2.05, 4.69) is 10.6 Å². The predicted octanol–water partition coefficient (Wildman–Crippen LogP) is 4.57. The smallest absolute Gasteiger partial charge is 0.255 e. The minimum atomic E-state index is -3.72. The van der Waals surface area contributed by atoms with Gasteiger partial charge in [-0.15, -0.1) is 0 Å². The summed E-state index contributed by atoms with van der Waals surface area (Å²) in [5, 5.41) is 5.62. The Morgan fingerprint density at radius 2 is 1.57 bits per heavy atom. The molecule has 0 saturated heterocycles. The van der Waals surface area contributed by atoms with Gasteiger partial charge in [0, 0.05) is 17.2 Å². The number of sulfonamides is 1. The molecule has 3 aromatic carbocycles. The molecule has 0 spiro atoms. The molecule has 0 aromatic heterocycles. The molecule has 1 atom stereocenters. The lowest BCUT2D eigenvalue weighted by molar-refractivity contribution is 0.0940. The van der Waals surface area contributed by atoms with E-state index < -0.39 is 21.7 Å². The van der Waals surface area contributed by atoms with E-state index in [1.165, 1.54) is 42.5 Å². The van der Waals surface area contributed by atoms with Crippen LogP contribution in [0.25, 0.3) is 0 Å². The molecule has 0 radical (unpaired) electrons. The van der Waals surface area contributed by atoms with Crippen molar-refractivity contribution < 1.29 is 22.4 Å². The summed E-state index contributed by atoms with van der Waals surface area (Å²) in [5.41, 5.74) is 1.49. The molecule has 0 fully saturated rings. The largest absolute Gasteiger partial charge is 0.350 e. The lowest BCUT2D eigenvalue weighted by Crippen LogP contribution is -2.32. The van der Waals surface area contributed by atoms with E-state index in [9.17, 15) is 22.4 Å². The van der Waals surface area contributed by atoms with Crippen LogP contribution in [0.5, 0.6) is 0 Å². The van der Waals surface area contributed by atoms with E-state index in [1.54, 1.807) is 30.3 Å². The molecule has 3 rings (SSSR count). The Morgan fingerprint density at radius 1 is 0.943 bits per heavy atom. The molecule has 2 amide bonds. The number of carbonyl (C=O) groups is 2. The van der Waals surface area contributed by atoms with Crippen LogP contribution >= 0.6 is 0 Å². The van der Waals surface area contributed by atoms with Crippen LogP contribution in [0.2, 0.25) is 0 Å². The molecule has 0 unspecified atom stereocenters. The average molecular weight is 498 g/mol. The number of hydrogen-bond donors (Lipinski definition) is 2. The number of para-hydroxylation sites is 1. The van der Waals surface area contributed by atoms with Crippen LogP contribution in [0.1, 0.15) is 46.5 Å². The summed E-state index contributed by atoms with van der Waals surface area (Å²) in [6.07, 6.45) is 1.81. The molecule has 35 heavy (non-hydrogen) atoms. The van der Waals surface area contributed by atoms with Crippen LogP contribution in [-0.4, -0.2) is 32.5 Å². The highest BCUT2D eigenvalue weighted by Gasteiger charge is 2.20. The summed E-state index contributed by atoms with van der Waals surface area (Å²) >= 11 is 0. The molecule has 0 aliphatic carbocycles. The molecule has 0 bridgehead atoms. The number of halogens is 1. The first-order chi connectivity index (χ1) is 16.6. The summed E-state index contributed by atoms with van der Waals surface area (Å²) in [6.45, 7) is 3.67. The summed E-state index contributed by atoms with van der Waals surface area (Å²) < 4.78 is 40.0. The van der Waals surface area contributed by atoms with Gasteiger partial charge in [0.1, 0.15) is 5.82 Å². The Labute approximate surface area is 205 Å². The van der Waals surface area contributed by atoms with E-state index in [1.807, 2.05) is 13.8 Å². The Morgan fingerprint density at radius 3 is 2.20 bits per heavy atom. The second kappa shape index (κ2) is 11.1. The fourth-order valence-corrected chi connectivity index (χ4v) is 4.23. The van der Waals surface area contributed by atoms with Crippen molar-refractivity contribution in [3.05, 3.63) is 95.3 Å². The number of benzene rings is 3. The topological polar surface area (TPSA) is 95.6 Å². The molecular weight excluding hydrogens is 469 g/mol. The van der Waals surface area contributed by atoms with Crippen LogP contribution in [0.4, 0.5) is 15.8 Å². The highest BCUT2D eigenvalue weighted by molar-refractivity contribution is 7.92. The summed E-state index contributed by atoms with van der Waals surface area (Å²) in [6, 6.07) is 18.6. The van der Waals surface area contributed by atoms with Gasteiger partial charge in [-0.25, -0.2) is 12.8 Å². The summed E-state index contributed by atoms with van der Waals surface area (Å²) in [7, 11) is -3.72. The average Bonchev–Trinajstić information content (AvgIpc) is 2.83. The SMILES string of the molecule is CC[C@H](C)NC(=O)c1ccccc1NC(=O)c1ccc(N(Cc2ccccc2F)S(C)(=O)=O)cc1. The normalized spacial score (nSPS) is 12.0. The Hall–Kier alpha value is -3.72. The maximum atomic E-state index is 14.1. The Kier molecular flexibility index (Phi) is 8.24. The fourth-order valence-electron chi connectivity index (χ4n) is 3.35. The van der Waals surface area contributed by atoms with Crippen molar-refractivity contribution in [2.24, 2.45) is 0 Å². The van der Waals surface area contributed by atoms with Crippen molar-refractivity contribution in [3.8, 4) is 0 Å². The lowest BCUT2D eigenvalue weighted by atomic mass is 10.1. The number of amides is 2. The van der Waals surface area contributed by atoms with Crippen molar-refractivity contribution in [1.29, 1.82) is 0 Å². The maximum absolute atomic E-state index is 14.1. The molecule has 9 heteroatoms. The van der Waals surface area contributed by atoms with Crippen molar-refractivity contribution in [3.63, 3.8) is 0 Å². The Bertz CT molecular complexity index is 1310. The third-order valence-corrected chi connectivity index (χ3v) is 6.64. The molecule has 3 aromatic rings. The van der Waals surface area contributed by atoms with Gasteiger partial charge in [0.2, 0.25) is 10.0 Å². The Balaban J connectivity index is 1.80. The standard InChI is InChI=1S/C26H28FN3O4S/c1-4-18(2)28-26(32)22-10-6-8-12-24(22)29-25(31)19-13-15-21(16-14-19)30(35(3,33)34)17-20-9-5-7-11-23(20)27/h5-16,18H,4,17H2,1-3H3,(H,28,32)(H,29,31)/t18-/m0/s1. The number of nitrogens with zero attached hydrogens (tertiary/aromatic N) is 1. The van der Waals surface area contributed by atoms with Gasteiger partial charge in [0.15, 0.2) is 0 Å². The maximum Gasteiger partial charge on any atom is 0.255 e. The summed E-state index contributed by atoms with van der Waals surface area (Å²) in [5.74, 6) is -1.25. The van der Waals surface area contributed by atoms with Gasteiger partial charge < -0.3 is 10.6 Å². The van der Waals surface area contributed by atoms with Gasteiger partial charge in [0.05, 0.1) is 29.7 Å². The van der Waals surface area contributed by atoms with Crippen molar-refractivity contribution in [2.75, 3.05) is 15.9 Å². The first-order valence-electron chi connectivity index (χ1n) is 11.1. The molecular formula is C26H28FN3O4S. The first kappa shape index (κ1) is 25.9. The van der Waals surface area contributed by atoms with Gasteiger partial charge >= 0.3 is 0 Å². The van der Waals surface area contributed by atoms with Crippen LogP contribution in [-0.2, 0) is 16.6 Å². The molecule has 7 nitrogen and oxygen atoms in total. The number of hydrogen-bond acceptors (Lipinski definition) is 4. The summed E-state index contributed by atoms with van der Waals surface area (Å²) in [4.78, 5) is 25.4. The van der Waals surface area contributed by atoms with E-state index in [4.69, 9.17) is 0 Å². The highest BCUT2D eigenvalue weighted by atomic mass is 32.2. The predicted molar refractivity (Wildman–Crippen MR) is 135 cm³/mol. The van der Waals surface area contributed by atoms with Gasteiger partial charge in [-0.2, -0.15) is 0 Å². The third-order valence-electron chi connectivity index (χ3n) is 5.50. The molecule has 0 saturated carbocycles. The zero-order chi connectivity index (χ0) is 25.6. The minimum Gasteiger partial charge on any atom is -0.350 e. The zero-order valence-electron chi connectivity index (χ0n) is 19.8. The fraction of sp³-hybridized carbons (Fsp3) is 0.231. The van der Waals surface area contributed by atoms with Gasteiger partial charge in [-0.1, -0.05) is 37.3 Å². The quantitative estimate of drug-likeness (QED) is 0.453. The van der Waals surface area contributed by atoms with Crippen molar-refractivity contribution >= 4 is 33.2 Å². The van der Waals surface area contributed by atoms with Crippen molar-refractivity contribution in [1.82, 2.24) is 5.32 Å². The molecule has 0 heterocycles. The monoisotopic (exact) mass is 497 g/mol.